The van der Waals surface area contributed by atoms with E-state index in [1.165, 1.54) is 12.7 Å². The van der Waals surface area contributed by atoms with Crippen LogP contribution in [0.15, 0.2) is 12.7 Å². The van der Waals surface area contributed by atoms with Gasteiger partial charge in [0, 0.05) is 0 Å². The molecule has 78 valence electrons. The van der Waals surface area contributed by atoms with Gasteiger partial charge < -0.3 is 17.1 Å². The fraction of sp³-hybridized carbons (Fsp3) is 0.571. The number of halogens is 2. The summed E-state index contributed by atoms with van der Waals surface area (Å²) in [6.45, 7) is 2.20. The van der Waals surface area contributed by atoms with Gasteiger partial charge in [0.2, 0.25) is 0 Å². The van der Waals surface area contributed by atoms with Gasteiger partial charge in [-0.05, 0) is 0 Å². The third kappa shape index (κ3) is 2.75. The SMILES string of the molecule is ClC1C[NH+](c2ncncn2)CCO1.[Cl-]. The van der Waals surface area contributed by atoms with Gasteiger partial charge in [-0.3, -0.25) is 4.90 Å². The van der Waals surface area contributed by atoms with Crippen molar-refractivity contribution >= 4 is 17.5 Å². The van der Waals surface area contributed by atoms with Crippen molar-refractivity contribution in [1.82, 2.24) is 15.0 Å². The Kier molecular flexibility index (Phi) is 4.47. The van der Waals surface area contributed by atoms with Crippen LogP contribution in [-0.2, 0) is 4.74 Å². The third-order valence-corrected chi connectivity index (χ3v) is 2.20. The van der Waals surface area contributed by atoms with Crippen molar-refractivity contribution in [3.8, 4) is 0 Å². The molecular weight excluding hydrogens is 227 g/mol. The normalized spacial score (nSPS) is 26.6. The lowest BCUT2D eigenvalue weighted by Gasteiger charge is -2.24. The summed E-state index contributed by atoms with van der Waals surface area (Å²) in [6, 6.07) is 0. The Bertz CT molecular complexity index is 274. The fourth-order valence-corrected chi connectivity index (χ4v) is 1.56. The van der Waals surface area contributed by atoms with Crippen molar-refractivity contribution in [2.24, 2.45) is 0 Å². The molecule has 2 rings (SSSR count). The maximum absolute atomic E-state index is 5.85. The Hall–Kier alpha value is -0.490. The highest BCUT2D eigenvalue weighted by Gasteiger charge is 2.25. The third-order valence-electron chi connectivity index (χ3n) is 1.92. The molecular formula is C7H10Cl2N4O. The molecule has 1 aliphatic rings. The van der Waals surface area contributed by atoms with E-state index in [-0.39, 0.29) is 18.0 Å². The summed E-state index contributed by atoms with van der Waals surface area (Å²) in [6.07, 6.45) is 2.99. The van der Waals surface area contributed by atoms with Gasteiger partial charge in [-0.25, -0.2) is 4.98 Å². The summed E-state index contributed by atoms with van der Waals surface area (Å²) in [4.78, 5) is 13.0. The maximum atomic E-state index is 5.85. The average molecular weight is 237 g/mol. The molecule has 7 heteroatoms. The Morgan fingerprint density at radius 2 is 2.14 bits per heavy atom. The van der Waals surface area contributed by atoms with Crippen LogP contribution in [0.25, 0.3) is 0 Å². The molecule has 2 unspecified atom stereocenters. The van der Waals surface area contributed by atoms with E-state index in [0.717, 1.165) is 17.4 Å². The monoisotopic (exact) mass is 236 g/mol. The Balaban J connectivity index is 0.000000980. The standard InChI is InChI=1S/C7H9ClN4O.ClH/c8-6-3-12(1-2-13-6)7-10-4-9-5-11-7;/h4-6H,1-3H2;1H. The van der Waals surface area contributed by atoms with E-state index in [1.807, 2.05) is 0 Å². The van der Waals surface area contributed by atoms with Gasteiger partial charge in [0.15, 0.2) is 5.56 Å². The summed E-state index contributed by atoms with van der Waals surface area (Å²) < 4.78 is 5.20. The molecule has 5 nitrogen and oxygen atoms in total. The number of aromatic nitrogens is 3. The van der Waals surface area contributed by atoms with E-state index >= 15 is 0 Å². The number of ether oxygens (including phenoxy) is 1. The van der Waals surface area contributed by atoms with Gasteiger partial charge in [0.05, 0.1) is 6.61 Å². The van der Waals surface area contributed by atoms with Gasteiger partial charge in [0.25, 0.3) is 0 Å². The van der Waals surface area contributed by atoms with E-state index in [9.17, 15) is 0 Å². The van der Waals surface area contributed by atoms with Crippen LogP contribution in [0.4, 0.5) is 5.95 Å². The van der Waals surface area contributed by atoms with Gasteiger partial charge in [-0.2, -0.15) is 9.97 Å². The predicted molar refractivity (Wildman–Crippen MR) is 45.8 cm³/mol. The van der Waals surface area contributed by atoms with E-state index in [4.69, 9.17) is 16.3 Å². The molecule has 1 saturated heterocycles. The molecule has 0 saturated carbocycles. The second-order valence-electron chi connectivity index (χ2n) is 2.80. The molecule has 1 N–H and O–H groups in total. The van der Waals surface area contributed by atoms with Crippen molar-refractivity contribution in [3.63, 3.8) is 0 Å². The highest BCUT2D eigenvalue weighted by Crippen LogP contribution is 1.99. The van der Waals surface area contributed by atoms with E-state index in [1.54, 1.807) is 0 Å². The number of morpholine rings is 1. The van der Waals surface area contributed by atoms with Crippen LogP contribution in [0.2, 0.25) is 0 Å². The topological polar surface area (TPSA) is 52.3 Å². The first-order valence-electron chi connectivity index (χ1n) is 4.09. The summed E-state index contributed by atoms with van der Waals surface area (Å²) in [5.41, 5.74) is -0.236. The van der Waals surface area contributed by atoms with Crippen molar-refractivity contribution in [1.29, 1.82) is 0 Å². The molecule has 0 bridgehead atoms. The second-order valence-corrected chi connectivity index (χ2v) is 3.29. The average Bonchev–Trinajstić information content (AvgIpc) is 2.19. The zero-order valence-corrected chi connectivity index (χ0v) is 8.87. The first-order chi connectivity index (χ1) is 6.36. The van der Waals surface area contributed by atoms with Crippen LogP contribution >= 0.6 is 11.6 Å². The molecule has 1 aromatic heterocycles. The zero-order chi connectivity index (χ0) is 9.10. The highest BCUT2D eigenvalue weighted by molar-refractivity contribution is 6.19. The lowest BCUT2D eigenvalue weighted by atomic mass is 10.4. The molecule has 2 heterocycles. The van der Waals surface area contributed by atoms with Crippen LogP contribution < -0.4 is 17.3 Å². The predicted octanol–water partition coefficient (Wildman–Crippen LogP) is -4.01. The molecule has 14 heavy (non-hydrogen) atoms. The number of rotatable bonds is 1. The minimum absolute atomic E-state index is 0. The van der Waals surface area contributed by atoms with Crippen molar-refractivity contribution in [3.05, 3.63) is 12.7 Å². The number of hydrogen-bond acceptors (Lipinski definition) is 4. The summed E-state index contributed by atoms with van der Waals surface area (Å²) in [7, 11) is 0. The van der Waals surface area contributed by atoms with E-state index in [2.05, 4.69) is 15.0 Å². The lowest BCUT2D eigenvalue weighted by molar-refractivity contribution is -0.849. The lowest BCUT2D eigenvalue weighted by Crippen LogP contribution is -3.10. The van der Waals surface area contributed by atoms with Gasteiger partial charge in [0.1, 0.15) is 25.7 Å². The second kappa shape index (κ2) is 5.41. The highest BCUT2D eigenvalue weighted by atomic mass is 35.5. The van der Waals surface area contributed by atoms with Crippen molar-refractivity contribution in [2.75, 3.05) is 19.7 Å². The molecule has 2 atom stereocenters. The van der Waals surface area contributed by atoms with Crippen LogP contribution in [0, 0.1) is 0 Å². The fourth-order valence-electron chi connectivity index (χ4n) is 1.29. The quantitative estimate of drug-likeness (QED) is 0.506. The summed E-state index contributed by atoms with van der Waals surface area (Å²) >= 11 is 5.85. The summed E-state index contributed by atoms with van der Waals surface area (Å²) in [5, 5.41) is 0. The molecule has 0 aliphatic carbocycles. The molecule has 0 amide bonds. The molecule has 0 radical (unpaired) electrons. The smallest absolute Gasteiger partial charge is 0.330 e. The van der Waals surface area contributed by atoms with Gasteiger partial charge in [-0.1, -0.05) is 11.6 Å². The minimum atomic E-state index is -0.236. The van der Waals surface area contributed by atoms with Crippen LogP contribution in [0.3, 0.4) is 0 Å². The van der Waals surface area contributed by atoms with Gasteiger partial charge in [-0.15, -0.1) is 0 Å². The molecule has 0 aromatic carbocycles. The molecule has 0 spiro atoms. The zero-order valence-electron chi connectivity index (χ0n) is 7.36. The Morgan fingerprint density at radius 3 is 2.79 bits per heavy atom. The molecule has 1 fully saturated rings. The number of nitrogens with one attached hydrogen (secondary N) is 1. The first-order valence-corrected chi connectivity index (χ1v) is 4.52. The maximum Gasteiger partial charge on any atom is 0.330 e. The van der Waals surface area contributed by atoms with E-state index in [0.29, 0.717) is 13.2 Å². The minimum Gasteiger partial charge on any atom is -1.00 e. The number of alkyl halides is 1. The van der Waals surface area contributed by atoms with E-state index < -0.39 is 0 Å². The number of hydrogen-bond donors (Lipinski definition) is 1. The van der Waals surface area contributed by atoms with Crippen LogP contribution in [-0.4, -0.2) is 40.2 Å². The summed E-state index contributed by atoms with van der Waals surface area (Å²) in [5.74, 6) is 0.740. The molecule has 1 aliphatic heterocycles. The van der Waals surface area contributed by atoms with Crippen molar-refractivity contribution < 1.29 is 22.0 Å². The van der Waals surface area contributed by atoms with Crippen LogP contribution in [0.1, 0.15) is 0 Å². The van der Waals surface area contributed by atoms with Crippen LogP contribution in [0.5, 0.6) is 0 Å². The largest absolute Gasteiger partial charge is 1.00 e. The molecule has 1 aromatic rings. The Morgan fingerprint density at radius 1 is 1.43 bits per heavy atom. The van der Waals surface area contributed by atoms with Gasteiger partial charge >= 0.3 is 5.95 Å². The Labute approximate surface area is 92.9 Å². The first kappa shape index (κ1) is 11.6. The number of nitrogens with zero attached hydrogens (tertiary/aromatic N) is 3. The van der Waals surface area contributed by atoms with Crippen molar-refractivity contribution in [2.45, 2.75) is 5.56 Å². The number of quaternary nitrogens is 1.